The predicted molar refractivity (Wildman–Crippen MR) is 51.0 cm³/mol. The van der Waals surface area contributed by atoms with Crippen LogP contribution in [0.1, 0.15) is 52.4 Å². The molecule has 1 unspecified atom stereocenters. The maximum Gasteiger partial charge on any atom is 2.00 e. The van der Waals surface area contributed by atoms with E-state index < -0.39 is 5.60 Å². The van der Waals surface area contributed by atoms with Gasteiger partial charge in [0.2, 0.25) is 0 Å². The molecule has 1 nitrogen and oxygen atoms in total. The molecule has 0 saturated heterocycles. The molecule has 1 rings (SSSR count). The van der Waals surface area contributed by atoms with Gasteiger partial charge in [0.15, 0.2) is 0 Å². The van der Waals surface area contributed by atoms with Crippen molar-refractivity contribution >= 4 is 23.1 Å². The minimum Gasteiger partial charge on any atom is -1.00 e. The third-order valence-electron chi connectivity index (χ3n) is 3.21. The molecule has 0 spiro atoms. The van der Waals surface area contributed by atoms with Crippen molar-refractivity contribution in [3.63, 3.8) is 0 Å². The van der Waals surface area contributed by atoms with Crippen LogP contribution in [0, 0.1) is 5.92 Å². The first kappa shape index (κ1) is 16.4. The zero-order valence-electron chi connectivity index (χ0n) is 8.81. The Morgan fingerprint density at radius 2 is 1.69 bits per heavy atom. The van der Waals surface area contributed by atoms with Crippen molar-refractivity contribution in [1.82, 2.24) is 0 Å². The van der Waals surface area contributed by atoms with E-state index in [2.05, 4.69) is 13.8 Å². The zero-order chi connectivity index (χ0) is 8.32. The summed E-state index contributed by atoms with van der Waals surface area (Å²) in [5, 5.41) is 12.1. The van der Waals surface area contributed by atoms with Gasteiger partial charge >= 0.3 is 23.1 Å². The molecular formula is C10H19ClMgO. The first-order valence-electron chi connectivity index (χ1n) is 4.89. The van der Waals surface area contributed by atoms with E-state index in [0.29, 0.717) is 5.92 Å². The molecular weight excluding hydrogens is 196 g/mol. The van der Waals surface area contributed by atoms with Crippen molar-refractivity contribution in [2.45, 2.75) is 58.0 Å². The summed E-state index contributed by atoms with van der Waals surface area (Å²) in [7, 11) is 0. The van der Waals surface area contributed by atoms with E-state index >= 15 is 0 Å². The molecule has 1 atom stereocenters. The first-order valence-corrected chi connectivity index (χ1v) is 4.89. The monoisotopic (exact) mass is 214 g/mol. The van der Waals surface area contributed by atoms with E-state index in [-0.39, 0.29) is 35.5 Å². The van der Waals surface area contributed by atoms with Crippen LogP contribution in [0.5, 0.6) is 0 Å². The Hall–Kier alpha value is 1.02. The topological polar surface area (TPSA) is 23.1 Å². The fourth-order valence-electron chi connectivity index (χ4n) is 2.02. The summed E-state index contributed by atoms with van der Waals surface area (Å²) in [6, 6.07) is 0. The average molecular weight is 215 g/mol. The molecule has 0 bridgehead atoms. The number of hydrogen-bond donors (Lipinski definition) is 0. The van der Waals surface area contributed by atoms with Crippen LogP contribution in [0.2, 0.25) is 0 Å². The normalized spacial score (nSPS) is 22.4. The summed E-state index contributed by atoms with van der Waals surface area (Å²) in [5.74, 6) is 0.378. The summed E-state index contributed by atoms with van der Waals surface area (Å²) >= 11 is 0. The number of rotatable bonds is 2. The maximum absolute atomic E-state index is 12.1. The Labute approximate surface area is 104 Å². The third-order valence-corrected chi connectivity index (χ3v) is 3.21. The van der Waals surface area contributed by atoms with Crippen LogP contribution in [0.3, 0.4) is 0 Å². The van der Waals surface area contributed by atoms with Gasteiger partial charge in [0.25, 0.3) is 0 Å². The van der Waals surface area contributed by atoms with Crippen molar-refractivity contribution in [3.05, 3.63) is 0 Å². The fraction of sp³-hybridized carbons (Fsp3) is 1.00. The Morgan fingerprint density at radius 1 is 1.23 bits per heavy atom. The molecule has 0 aliphatic heterocycles. The average Bonchev–Trinajstić information content (AvgIpc) is 2.04. The van der Waals surface area contributed by atoms with Crippen molar-refractivity contribution in [3.8, 4) is 0 Å². The minimum absolute atomic E-state index is 0. The molecule has 1 aliphatic carbocycles. The van der Waals surface area contributed by atoms with Crippen LogP contribution >= 0.6 is 0 Å². The molecule has 1 fully saturated rings. The largest absolute Gasteiger partial charge is 2.00 e. The van der Waals surface area contributed by atoms with Crippen molar-refractivity contribution in [1.29, 1.82) is 0 Å². The summed E-state index contributed by atoms with van der Waals surface area (Å²) < 4.78 is 0. The quantitative estimate of drug-likeness (QED) is 0.526. The van der Waals surface area contributed by atoms with Crippen molar-refractivity contribution < 1.29 is 17.5 Å². The molecule has 0 aromatic heterocycles. The van der Waals surface area contributed by atoms with Gasteiger partial charge in [-0.25, -0.2) is 0 Å². The molecule has 0 aromatic carbocycles. The van der Waals surface area contributed by atoms with Gasteiger partial charge in [0.1, 0.15) is 0 Å². The first-order chi connectivity index (χ1) is 5.19. The second-order valence-corrected chi connectivity index (χ2v) is 3.93. The summed E-state index contributed by atoms with van der Waals surface area (Å²) in [6.07, 6.45) is 6.48. The summed E-state index contributed by atoms with van der Waals surface area (Å²) in [6.45, 7) is 4.23. The van der Waals surface area contributed by atoms with Gasteiger partial charge in [-0.2, -0.15) is 0 Å². The van der Waals surface area contributed by atoms with Crippen LogP contribution in [-0.2, 0) is 0 Å². The molecule has 0 N–H and O–H groups in total. The Morgan fingerprint density at radius 3 is 2.08 bits per heavy atom. The van der Waals surface area contributed by atoms with Crippen LogP contribution in [0.4, 0.5) is 0 Å². The standard InChI is InChI=1S/C10H19O.ClH.Mg/c1-3-9(2)10(11)7-5-4-6-8-10;;/h9H,3-8H2,1-2H3;1H;/q-1;;+2/p-1. The van der Waals surface area contributed by atoms with Crippen LogP contribution in [0.25, 0.3) is 0 Å². The third kappa shape index (κ3) is 4.37. The van der Waals surface area contributed by atoms with Gasteiger partial charge < -0.3 is 17.5 Å². The van der Waals surface area contributed by atoms with Crippen LogP contribution in [0.15, 0.2) is 0 Å². The number of halogens is 1. The smallest absolute Gasteiger partial charge is 1.00 e. The summed E-state index contributed by atoms with van der Waals surface area (Å²) in [5.41, 5.74) is -0.562. The molecule has 3 heteroatoms. The second kappa shape index (κ2) is 7.33. The van der Waals surface area contributed by atoms with E-state index in [1.165, 1.54) is 6.42 Å². The molecule has 0 aromatic rings. The van der Waals surface area contributed by atoms with Gasteiger partial charge in [-0.1, -0.05) is 58.3 Å². The summed E-state index contributed by atoms with van der Waals surface area (Å²) in [4.78, 5) is 0. The minimum atomic E-state index is -0.562. The van der Waals surface area contributed by atoms with Gasteiger partial charge in [0.05, 0.1) is 0 Å². The van der Waals surface area contributed by atoms with Crippen LogP contribution < -0.4 is 17.5 Å². The Kier molecular flexibility index (Phi) is 9.27. The Balaban J connectivity index is 0. The van der Waals surface area contributed by atoms with E-state index in [1.807, 2.05) is 0 Å². The van der Waals surface area contributed by atoms with Crippen molar-refractivity contribution in [2.24, 2.45) is 5.92 Å². The molecule has 1 saturated carbocycles. The molecule has 74 valence electrons. The Bertz CT molecular complexity index is 124. The van der Waals surface area contributed by atoms with Crippen molar-refractivity contribution in [2.75, 3.05) is 0 Å². The molecule has 0 radical (unpaired) electrons. The van der Waals surface area contributed by atoms with Gasteiger partial charge in [-0.3, -0.25) is 0 Å². The van der Waals surface area contributed by atoms with E-state index in [1.54, 1.807) is 0 Å². The van der Waals surface area contributed by atoms with Gasteiger partial charge in [-0.05, 0) is 0 Å². The molecule has 13 heavy (non-hydrogen) atoms. The SMILES string of the molecule is CCC(C)C1([O-])CCCCC1.[Cl-].[Mg+2]. The van der Waals surface area contributed by atoms with E-state index in [4.69, 9.17) is 0 Å². The van der Waals surface area contributed by atoms with E-state index in [9.17, 15) is 5.11 Å². The fourth-order valence-corrected chi connectivity index (χ4v) is 2.02. The van der Waals surface area contributed by atoms with Crippen LogP contribution in [-0.4, -0.2) is 28.7 Å². The number of hydrogen-bond acceptors (Lipinski definition) is 1. The van der Waals surface area contributed by atoms with Gasteiger partial charge in [0, 0.05) is 0 Å². The predicted octanol–water partition coefficient (Wildman–Crippen LogP) is -1.28. The molecule has 0 heterocycles. The maximum atomic E-state index is 12.1. The van der Waals surface area contributed by atoms with Gasteiger partial charge in [-0.15, -0.1) is 5.60 Å². The van der Waals surface area contributed by atoms with E-state index in [0.717, 1.165) is 32.1 Å². The molecule has 1 aliphatic rings. The molecule has 0 amide bonds. The second-order valence-electron chi connectivity index (χ2n) is 3.93. The zero-order valence-corrected chi connectivity index (χ0v) is 11.0.